The third-order valence-electron chi connectivity index (χ3n) is 12.1. The lowest BCUT2D eigenvalue weighted by Gasteiger charge is -2.31. The lowest BCUT2D eigenvalue weighted by Crippen LogP contribution is -2.18. The summed E-state index contributed by atoms with van der Waals surface area (Å²) in [5.41, 5.74) is 20.4. The van der Waals surface area contributed by atoms with Gasteiger partial charge in [0.25, 0.3) is 0 Å². The molecule has 0 unspecified atom stereocenters. The Kier molecular flexibility index (Phi) is 7.48. The van der Waals surface area contributed by atoms with Gasteiger partial charge in [-0.25, -0.2) is 0 Å². The molecular weight excluding hydrogens is 639 g/mol. The molecule has 0 fully saturated rings. The fourth-order valence-electron chi connectivity index (χ4n) is 9.01. The van der Waals surface area contributed by atoms with Gasteiger partial charge in [-0.2, -0.15) is 0 Å². The Hall–Kier alpha value is -5.66. The number of rotatable bonds is 5. The highest BCUT2D eigenvalue weighted by Gasteiger charge is 2.38. The lowest BCUT2D eigenvalue weighted by molar-refractivity contribution is 0.590. The van der Waals surface area contributed by atoms with E-state index in [9.17, 15) is 0 Å². The number of anilines is 3. The summed E-state index contributed by atoms with van der Waals surface area (Å²) in [5.74, 6) is 0. The van der Waals surface area contributed by atoms with Crippen LogP contribution in [0.2, 0.25) is 0 Å². The maximum absolute atomic E-state index is 2.51. The molecule has 260 valence electrons. The van der Waals surface area contributed by atoms with Crippen LogP contribution in [0.3, 0.4) is 0 Å². The minimum Gasteiger partial charge on any atom is -0.310 e. The van der Waals surface area contributed by atoms with Gasteiger partial charge in [-0.1, -0.05) is 170 Å². The van der Waals surface area contributed by atoms with Crippen molar-refractivity contribution in [3.63, 3.8) is 0 Å². The second-order valence-corrected chi connectivity index (χ2v) is 17.1. The van der Waals surface area contributed by atoms with Crippen LogP contribution in [-0.4, -0.2) is 0 Å². The van der Waals surface area contributed by atoms with Crippen LogP contribution in [0.5, 0.6) is 0 Å². The highest BCUT2D eigenvalue weighted by Crippen LogP contribution is 2.54. The van der Waals surface area contributed by atoms with E-state index in [1.807, 2.05) is 0 Å². The van der Waals surface area contributed by atoms with Crippen molar-refractivity contribution >= 4 is 17.1 Å². The first-order valence-corrected chi connectivity index (χ1v) is 19.0. The number of fused-ring (bicyclic) bond motifs is 6. The fraction of sp³-hybridized carbons (Fsp3) is 0.192. The Morgan fingerprint density at radius 3 is 1.38 bits per heavy atom. The van der Waals surface area contributed by atoms with Gasteiger partial charge in [0.15, 0.2) is 0 Å². The summed E-state index contributed by atoms with van der Waals surface area (Å²) in [5, 5.41) is 0. The molecule has 0 spiro atoms. The van der Waals surface area contributed by atoms with E-state index in [2.05, 4.69) is 211 Å². The average molecular weight is 686 g/mol. The normalized spacial score (nSPS) is 14.6. The Balaban J connectivity index is 1.27. The summed E-state index contributed by atoms with van der Waals surface area (Å²) in [7, 11) is 0. The zero-order valence-corrected chi connectivity index (χ0v) is 32.0. The third-order valence-corrected chi connectivity index (χ3v) is 12.1. The van der Waals surface area contributed by atoms with Gasteiger partial charge < -0.3 is 4.90 Å². The Bertz CT molecular complexity index is 2420. The van der Waals surface area contributed by atoms with Gasteiger partial charge in [0.05, 0.1) is 5.69 Å². The molecule has 0 saturated heterocycles. The monoisotopic (exact) mass is 685 g/mol. The topological polar surface area (TPSA) is 3.24 Å². The maximum atomic E-state index is 2.51. The first-order chi connectivity index (χ1) is 25.4. The zero-order valence-electron chi connectivity index (χ0n) is 32.0. The quantitative estimate of drug-likeness (QED) is 0.174. The smallest absolute Gasteiger partial charge is 0.0540 e. The van der Waals surface area contributed by atoms with Crippen molar-refractivity contribution in [1.29, 1.82) is 0 Å². The molecule has 0 heterocycles. The summed E-state index contributed by atoms with van der Waals surface area (Å²) in [6, 6.07) is 59.2. The van der Waals surface area contributed by atoms with Gasteiger partial charge in [0, 0.05) is 27.8 Å². The molecule has 2 aliphatic rings. The lowest BCUT2D eigenvalue weighted by atomic mass is 9.82. The van der Waals surface area contributed by atoms with Gasteiger partial charge in [-0.3, -0.25) is 0 Å². The Labute approximate surface area is 315 Å². The average Bonchev–Trinajstić information content (AvgIpc) is 3.54. The van der Waals surface area contributed by atoms with E-state index in [1.165, 1.54) is 72.3 Å². The van der Waals surface area contributed by atoms with Gasteiger partial charge in [0.2, 0.25) is 0 Å². The summed E-state index contributed by atoms with van der Waals surface area (Å²) < 4.78 is 0. The molecule has 2 aliphatic carbocycles. The fourth-order valence-corrected chi connectivity index (χ4v) is 9.01. The summed E-state index contributed by atoms with van der Waals surface area (Å²) in [4.78, 5) is 2.51. The molecule has 7 aromatic carbocycles. The predicted octanol–water partition coefficient (Wildman–Crippen LogP) is 14.4. The molecule has 0 aliphatic heterocycles. The molecular formula is C52H47N. The molecule has 0 amide bonds. The van der Waals surface area contributed by atoms with Gasteiger partial charge in [0.1, 0.15) is 0 Å². The van der Waals surface area contributed by atoms with E-state index in [-0.39, 0.29) is 16.2 Å². The molecule has 0 aromatic heterocycles. The van der Waals surface area contributed by atoms with E-state index in [1.54, 1.807) is 0 Å². The van der Waals surface area contributed by atoms with E-state index in [0.717, 1.165) is 17.1 Å². The minimum absolute atomic E-state index is 0.107. The third kappa shape index (κ3) is 5.28. The van der Waals surface area contributed by atoms with E-state index >= 15 is 0 Å². The summed E-state index contributed by atoms with van der Waals surface area (Å²) in [6.07, 6.45) is 0. The van der Waals surface area contributed by atoms with Crippen molar-refractivity contribution in [1.82, 2.24) is 0 Å². The van der Waals surface area contributed by atoms with Crippen LogP contribution in [0.25, 0.3) is 44.5 Å². The zero-order chi connectivity index (χ0) is 36.7. The van der Waals surface area contributed by atoms with Crippen LogP contribution in [0.4, 0.5) is 17.1 Å². The van der Waals surface area contributed by atoms with Crippen LogP contribution in [0, 0.1) is 0 Å². The molecule has 0 saturated carbocycles. The molecule has 9 rings (SSSR count). The summed E-state index contributed by atoms with van der Waals surface area (Å²) >= 11 is 0. The Morgan fingerprint density at radius 2 is 0.849 bits per heavy atom. The number of nitrogens with zero attached hydrogens (tertiary/aromatic N) is 1. The first kappa shape index (κ1) is 33.2. The molecule has 0 radical (unpaired) electrons. The largest absolute Gasteiger partial charge is 0.310 e. The second-order valence-electron chi connectivity index (χ2n) is 17.1. The molecule has 1 nitrogen and oxygen atoms in total. The van der Waals surface area contributed by atoms with E-state index in [0.29, 0.717) is 0 Å². The molecule has 7 aromatic rings. The summed E-state index contributed by atoms with van der Waals surface area (Å²) in [6.45, 7) is 16.3. The van der Waals surface area contributed by atoms with E-state index in [4.69, 9.17) is 0 Å². The predicted molar refractivity (Wildman–Crippen MR) is 226 cm³/mol. The van der Waals surface area contributed by atoms with Crippen LogP contribution >= 0.6 is 0 Å². The molecule has 1 heteroatoms. The SMILES string of the molecule is CC(C)(C)c1ccc(-c2ccc(N(c3ccc4c(c3)C(C)(C)c3ccccc3-4)c3ccc4c(c3)C(C)(C)c3ccccc3-4)c(-c3ccccc3)c2)cc1. The van der Waals surface area contributed by atoms with Crippen molar-refractivity contribution in [2.45, 2.75) is 64.7 Å². The van der Waals surface area contributed by atoms with Crippen LogP contribution in [-0.2, 0) is 16.2 Å². The molecule has 0 N–H and O–H groups in total. The van der Waals surface area contributed by atoms with Crippen molar-refractivity contribution in [3.8, 4) is 44.5 Å². The van der Waals surface area contributed by atoms with Gasteiger partial charge in [-0.05, 0) is 109 Å². The molecule has 53 heavy (non-hydrogen) atoms. The van der Waals surface area contributed by atoms with Gasteiger partial charge >= 0.3 is 0 Å². The van der Waals surface area contributed by atoms with Crippen molar-refractivity contribution < 1.29 is 0 Å². The van der Waals surface area contributed by atoms with Crippen LogP contribution < -0.4 is 4.90 Å². The van der Waals surface area contributed by atoms with Crippen LogP contribution in [0.1, 0.15) is 76.3 Å². The minimum atomic E-state index is -0.111. The molecule has 0 atom stereocenters. The van der Waals surface area contributed by atoms with E-state index < -0.39 is 0 Å². The van der Waals surface area contributed by atoms with Gasteiger partial charge in [-0.15, -0.1) is 0 Å². The highest BCUT2D eigenvalue weighted by atomic mass is 15.1. The number of hydrogen-bond donors (Lipinski definition) is 0. The maximum Gasteiger partial charge on any atom is 0.0540 e. The highest BCUT2D eigenvalue weighted by molar-refractivity contribution is 5.93. The van der Waals surface area contributed by atoms with Crippen molar-refractivity contribution in [2.75, 3.05) is 4.90 Å². The Morgan fingerprint density at radius 1 is 0.377 bits per heavy atom. The van der Waals surface area contributed by atoms with Crippen molar-refractivity contribution in [2.24, 2.45) is 0 Å². The van der Waals surface area contributed by atoms with Crippen LogP contribution in [0.15, 0.2) is 158 Å². The molecule has 0 bridgehead atoms. The first-order valence-electron chi connectivity index (χ1n) is 19.0. The number of hydrogen-bond acceptors (Lipinski definition) is 1. The van der Waals surface area contributed by atoms with Crippen molar-refractivity contribution in [3.05, 3.63) is 186 Å². The number of benzene rings is 7. The standard InChI is InChI=1S/C52H47N/c1-50(2,3)37-24-21-34(22-25-37)36-23-30-49(44(31-36)35-15-9-8-10-16-35)53(38-26-28-42-40-17-11-13-19-45(40)51(4,5)47(42)32-38)39-27-29-43-41-18-12-14-20-46(41)52(6,7)48(43)33-39/h8-33H,1-7H3. The second kappa shape index (κ2) is 11.9.